The molecule has 2 N–H and O–H groups in total. The van der Waals surface area contributed by atoms with Gasteiger partial charge in [0, 0.05) is 24.8 Å². The summed E-state index contributed by atoms with van der Waals surface area (Å²) in [7, 11) is 0. The average molecular weight is 314 g/mol. The highest BCUT2D eigenvalue weighted by Gasteiger charge is 2.33. The van der Waals surface area contributed by atoms with E-state index in [2.05, 4.69) is 22.1 Å². The molecule has 0 radical (unpaired) electrons. The van der Waals surface area contributed by atoms with Gasteiger partial charge in [0.05, 0.1) is 12.4 Å². The van der Waals surface area contributed by atoms with Crippen LogP contribution in [0.3, 0.4) is 0 Å². The summed E-state index contributed by atoms with van der Waals surface area (Å²) in [5.41, 5.74) is 7.69. The number of hydrogen-bond donors (Lipinski definition) is 1. The molecule has 7 heteroatoms. The number of aryl methyl sites for hydroxylation is 1. The molecule has 3 rings (SSSR count). The maximum absolute atomic E-state index is 13.1. The molecule has 0 bridgehead atoms. The normalized spacial score (nSPS) is 21.4. The number of nitrogens with two attached hydrogens (primary N) is 1. The number of carbonyl (C=O) groups excluding carboxylic acids is 1. The molecular weight excluding hydrogens is 292 g/mol. The molecule has 2 atom stereocenters. The smallest absolute Gasteiger partial charge is 0.275 e. The summed E-state index contributed by atoms with van der Waals surface area (Å²) >= 11 is 0. The van der Waals surface area contributed by atoms with Gasteiger partial charge in [-0.15, -0.1) is 4.80 Å². The van der Waals surface area contributed by atoms with E-state index >= 15 is 0 Å². The molecule has 23 heavy (non-hydrogen) atoms. The monoisotopic (exact) mass is 314 g/mol. The number of rotatable bonds is 3. The van der Waals surface area contributed by atoms with E-state index in [0.29, 0.717) is 30.4 Å². The quantitative estimate of drug-likeness (QED) is 0.918. The lowest BCUT2D eigenvalue weighted by Crippen LogP contribution is -2.51. The van der Waals surface area contributed by atoms with Crippen LogP contribution in [0.4, 0.5) is 0 Å². The minimum absolute atomic E-state index is 0.0528. The first-order valence-corrected chi connectivity index (χ1v) is 7.97. The topological polar surface area (TPSA) is 89.9 Å². The Labute approximate surface area is 135 Å². The minimum Gasteiger partial charge on any atom is -0.333 e. The van der Waals surface area contributed by atoms with E-state index in [1.807, 2.05) is 24.0 Å². The lowest BCUT2D eigenvalue weighted by Gasteiger charge is -2.39. The van der Waals surface area contributed by atoms with Crippen LogP contribution in [-0.4, -0.2) is 49.9 Å². The molecule has 7 nitrogen and oxygen atoms in total. The highest BCUT2D eigenvalue weighted by Crippen LogP contribution is 2.25. The van der Waals surface area contributed by atoms with Crippen LogP contribution in [0.5, 0.6) is 0 Å². The van der Waals surface area contributed by atoms with E-state index < -0.39 is 0 Å². The first-order chi connectivity index (χ1) is 11.1. The van der Waals surface area contributed by atoms with E-state index in [0.717, 1.165) is 18.5 Å². The number of piperidine rings is 1. The summed E-state index contributed by atoms with van der Waals surface area (Å²) in [6, 6.07) is 3.74. The van der Waals surface area contributed by atoms with Crippen molar-refractivity contribution in [1.29, 1.82) is 0 Å². The predicted octanol–water partition coefficient (Wildman–Crippen LogP) is 1.17. The number of amides is 1. The van der Waals surface area contributed by atoms with Crippen LogP contribution in [0.1, 0.15) is 35.9 Å². The SMILES string of the molecule is Cc1ccc(-n2nccn2)c(C(=O)N2CCCC(C)C2CN)n1. The number of nitrogens with zero attached hydrogens (tertiary/aromatic N) is 5. The van der Waals surface area contributed by atoms with Gasteiger partial charge >= 0.3 is 0 Å². The van der Waals surface area contributed by atoms with Crippen molar-refractivity contribution >= 4 is 5.91 Å². The molecular formula is C16H22N6O. The van der Waals surface area contributed by atoms with Crippen molar-refractivity contribution in [3.63, 3.8) is 0 Å². The molecule has 0 spiro atoms. The van der Waals surface area contributed by atoms with Gasteiger partial charge < -0.3 is 10.6 Å². The second-order valence-corrected chi connectivity index (χ2v) is 6.06. The summed E-state index contributed by atoms with van der Waals surface area (Å²) in [4.78, 5) is 20.9. The van der Waals surface area contributed by atoms with Gasteiger partial charge in [0.25, 0.3) is 5.91 Å². The second-order valence-electron chi connectivity index (χ2n) is 6.06. The average Bonchev–Trinajstić information content (AvgIpc) is 3.08. The van der Waals surface area contributed by atoms with Crippen LogP contribution >= 0.6 is 0 Å². The Kier molecular flexibility index (Phi) is 4.38. The number of aromatic nitrogens is 4. The summed E-state index contributed by atoms with van der Waals surface area (Å²) in [5.74, 6) is 0.303. The molecule has 0 saturated carbocycles. The fourth-order valence-electron chi connectivity index (χ4n) is 3.21. The molecule has 1 amide bonds. The molecule has 2 aromatic rings. The van der Waals surface area contributed by atoms with Gasteiger partial charge in [0.15, 0.2) is 5.69 Å². The molecule has 1 aliphatic rings. The van der Waals surface area contributed by atoms with E-state index in [-0.39, 0.29) is 11.9 Å². The van der Waals surface area contributed by atoms with E-state index in [4.69, 9.17) is 5.73 Å². The first-order valence-electron chi connectivity index (χ1n) is 7.97. The van der Waals surface area contributed by atoms with Crippen molar-refractivity contribution in [2.45, 2.75) is 32.7 Å². The zero-order valence-electron chi connectivity index (χ0n) is 13.5. The van der Waals surface area contributed by atoms with E-state index in [1.54, 1.807) is 12.4 Å². The minimum atomic E-state index is -0.0944. The Morgan fingerprint density at radius 1 is 1.35 bits per heavy atom. The molecule has 3 heterocycles. The molecule has 2 aromatic heterocycles. The Bertz CT molecular complexity index is 684. The molecule has 0 aliphatic carbocycles. The van der Waals surface area contributed by atoms with Crippen molar-refractivity contribution in [3.05, 3.63) is 35.9 Å². The third kappa shape index (κ3) is 2.96. The fourth-order valence-corrected chi connectivity index (χ4v) is 3.21. The second kappa shape index (κ2) is 6.45. The standard InChI is InChI=1S/C16H22N6O/c1-11-4-3-9-21(14(11)10-17)16(23)15-13(6-5-12(2)20-15)22-18-7-8-19-22/h5-8,11,14H,3-4,9-10,17H2,1-2H3. The van der Waals surface area contributed by atoms with Gasteiger partial charge in [-0.2, -0.15) is 10.2 Å². The number of hydrogen-bond acceptors (Lipinski definition) is 5. The Hall–Kier alpha value is -2.28. The third-order valence-electron chi connectivity index (χ3n) is 4.47. The van der Waals surface area contributed by atoms with Crippen molar-refractivity contribution in [2.75, 3.05) is 13.1 Å². The highest BCUT2D eigenvalue weighted by atomic mass is 16.2. The van der Waals surface area contributed by atoms with E-state index in [1.165, 1.54) is 4.80 Å². The van der Waals surface area contributed by atoms with Crippen LogP contribution in [0, 0.1) is 12.8 Å². The summed E-state index contributed by atoms with van der Waals surface area (Å²) in [6.45, 7) is 5.20. The third-order valence-corrected chi connectivity index (χ3v) is 4.47. The molecule has 2 unspecified atom stereocenters. The van der Waals surface area contributed by atoms with Gasteiger partial charge in [0.2, 0.25) is 0 Å². The van der Waals surface area contributed by atoms with Gasteiger partial charge in [-0.25, -0.2) is 4.98 Å². The summed E-state index contributed by atoms with van der Waals surface area (Å²) in [5, 5.41) is 8.26. The van der Waals surface area contributed by atoms with Crippen molar-refractivity contribution < 1.29 is 4.79 Å². The zero-order valence-corrected chi connectivity index (χ0v) is 13.5. The van der Waals surface area contributed by atoms with E-state index in [9.17, 15) is 4.79 Å². The summed E-state index contributed by atoms with van der Waals surface area (Å²) in [6.07, 6.45) is 5.25. The maximum Gasteiger partial charge on any atom is 0.275 e. The van der Waals surface area contributed by atoms with Gasteiger partial charge in [-0.1, -0.05) is 6.92 Å². The number of carbonyl (C=O) groups is 1. The van der Waals surface area contributed by atoms with Crippen molar-refractivity contribution in [1.82, 2.24) is 24.9 Å². The predicted molar refractivity (Wildman–Crippen MR) is 86.2 cm³/mol. The van der Waals surface area contributed by atoms with Crippen LogP contribution in [0.25, 0.3) is 5.69 Å². The first kappa shape index (κ1) is 15.6. The van der Waals surface area contributed by atoms with Crippen LogP contribution in [0.2, 0.25) is 0 Å². The number of likely N-dealkylation sites (tertiary alicyclic amines) is 1. The van der Waals surface area contributed by atoms with Crippen LogP contribution in [-0.2, 0) is 0 Å². The molecule has 122 valence electrons. The largest absolute Gasteiger partial charge is 0.333 e. The Morgan fingerprint density at radius 3 is 2.78 bits per heavy atom. The molecule has 1 fully saturated rings. The number of pyridine rings is 1. The lowest BCUT2D eigenvalue weighted by atomic mass is 9.90. The van der Waals surface area contributed by atoms with Gasteiger partial charge in [-0.3, -0.25) is 4.79 Å². The highest BCUT2D eigenvalue weighted by molar-refractivity contribution is 5.96. The van der Waals surface area contributed by atoms with Crippen LogP contribution < -0.4 is 5.73 Å². The van der Waals surface area contributed by atoms with Crippen molar-refractivity contribution in [2.24, 2.45) is 11.7 Å². The Balaban J connectivity index is 2.00. The fraction of sp³-hybridized carbons (Fsp3) is 0.500. The maximum atomic E-state index is 13.1. The molecule has 0 aromatic carbocycles. The molecule has 1 saturated heterocycles. The Morgan fingerprint density at radius 2 is 2.09 bits per heavy atom. The van der Waals surface area contributed by atoms with Crippen molar-refractivity contribution in [3.8, 4) is 5.69 Å². The molecule has 1 aliphatic heterocycles. The van der Waals surface area contributed by atoms with Gasteiger partial charge in [0.1, 0.15) is 5.69 Å². The summed E-state index contributed by atoms with van der Waals surface area (Å²) < 4.78 is 0. The lowest BCUT2D eigenvalue weighted by molar-refractivity contribution is 0.0526. The zero-order chi connectivity index (χ0) is 16.4. The van der Waals surface area contributed by atoms with Gasteiger partial charge in [-0.05, 0) is 37.8 Å². The van der Waals surface area contributed by atoms with Crippen LogP contribution in [0.15, 0.2) is 24.5 Å².